The van der Waals surface area contributed by atoms with Gasteiger partial charge in [-0.05, 0) is 44.4 Å². The molecule has 1 heterocycles. The molecule has 3 rings (SSSR count). The summed E-state index contributed by atoms with van der Waals surface area (Å²) in [5.41, 5.74) is 5.41. The lowest BCUT2D eigenvalue weighted by Crippen LogP contribution is -2.23. The van der Waals surface area contributed by atoms with Crippen molar-refractivity contribution in [3.05, 3.63) is 82.7 Å². The number of ether oxygens (including phenoxy) is 1. The second-order valence-electron chi connectivity index (χ2n) is 7.11. The fourth-order valence-electron chi connectivity index (χ4n) is 3.43. The van der Waals surface area contributed by atoms with Crippen LogP contribution in [-0.4, -0.2) is 22.3 Å². The minimum Gasteiger partial charge on any atom is -0.494 e. The van der Waals surface area contributed by atoms with E-state index in [0.29, 0.717) is 26.0 Å². The molecule has 0 bridgehead atoms. The van der Waals surface area contributed by atoms with Crippen molar-refractivity contribution >= 4 is 5.91 Å². The third-order valence-corrected chi connectivity index (χ3v) is 5.06. The van der Waals surface area contributed by atoms with Crippen molar-refractivity contribution in [2.75, 3.05) is 6.61 Å². The maximum absolute atomic E-state index is 12.4. The van der Waals surface area contributed by atoms with Gasteiger partial charge in [0.1, 0.15) is 5.75 Å². The van der Waals surface area contributed by atoms with Gasteiger partial charge in [0.15, 0.2) is 0 Å². The number of carbonyl (C=O) groups excluding carboxylic acids is 1. The van der Waals surface area contributed by atoms with E-state index in [2.05, 4.69) is 29.5 Å². The lowest BCUT2D eigenvalue weighted by molar-refractivity contribution is -0.121. The number of hydrogen-bond donors (Lipinski definition) is 1. The molecule has 5 heteroatoms. The van der Waals surface area contributed by atoms with Crippen LogP contribution in [0.1, 0.15) is 41.4 Å². The number of rotatable bonds is 9. The van der Waals surface area contributed by atoms with Crippen molar-refractivity contribution in [2.45, 2.75) is 46.7 Å². The van der Waals surface area contributed by atoms with E-state index in [1.54, 1.807) is 0 Å². The molecule has 0 atom stereocenters. The SMILES string of the molecule is CCOc1ccccc1CCC(=O)NCc1c(C)nn(Cc2ccccc2)c1C. The summed E-state index contributed by atoms with van der Waals surface area (Å²) in [6.45, 7) is 7.87. The standard InChI is InChI=1S/C24H29N3O2/c1-4-29-23-13-9-8-12-21(23)14-15-24(28)25-16-22-18(2)26-27(19(22)3)17-20-10-6-5-7-11-20/h5-13H,4,14-17H2,1-3H3,(H,25,28). The predicted octanol–water partition coefficient (Wildman–Crippen LogP) is 4.20. The summed E-state index contributed by atoms with van der Waals surface area (Å²) >= 11 is 0. The van der Waals surface area contributed by atoms with Crippen LogP contribution < -0.4 is 10.1 Å². The van der Waals surface area contributed by atoms with Crippen LogP contribution in [-0.2, 0) is 24.3 Å². The van der Waals surface area contributed by atoms with E-state index in [0.717, 1.165) is 34.8 Å². The van der Waals surface area contributed by atoms with E-state index in [1.807, 2.05) is 61.0 Å². The average molecular weight is 392 g/mol. The van der Waals surface area contributed by atoms with Crippen LogP contribution >= 0.6 is 0 Å². The molecule has 1 aromatic heterocycles. The molecule has 1 N–H and O–H groups in total. The molecule has 2 aromatic carbocycles. The molecule has 1 amide bonds. The predicted molar refractivity (Wildman–Crippen MR) is 115 cm³/mol. The zero-order valence-corrected chi connectivity index (χ0v) is 17.4. The van der Waals surface area contributed by atoms with Crippen LogP contribution in [0.5, 0.6) is 5.75 Å². The van der Waals surface area contributed by atoms with Gasteiger partial charge in [0.2, 0.25) is 5.91 Å². The number of para-hydroxylation sites is 1. The van der Waals surface area contributed by atoms with Gasteiger partial charge in [-0.25, -0.2) is 0 Å². The molecule has 0 spiro atoms. The van der Waals surface area contributed by atoms with Gasteiger partial charge in [0.25, 0.3) is 0 Å². The Bertz CT molecular complexity index is 948. The van der Waals surface area contributed by atoms with Crippen molar-refractivity contribution in [1.29, 1.82) is 0 Å². The highest BCUT2D eigenvalue weighted by molar-refractivity contribution is 5.76. The molecule has 5 nitrogen and oxygen atoms in total. The molecule has 29 heavy (non-hydrogen) atoms. The van der Waals surface area contributed by atoms with Crippen molar-refractivity contribution in [3.8, 4) is 5.75 Å². The monoisotopic (exact) mass is 391 g/mol. The van der Waals surface area contributed by atoms with Gasteiger partial charge >= 0.3 is 0 Å². The van der Waals surface area contributed by atoms with Crippen LogP contribution in [0.15, 0.2) is 54.6 Å². The number of aromatic nitrogens is 2. The number of benzene rings is 2. The normalized spacial score (nSPS) is 10.7. The highest BCUT2D eigenvalue weighted by atomic mass is 16.5. The molecular formula is C24H29N3O2. The van der Waals surface area contributed by atoms with E-state index >= 15 is 0 Å². The number of carbonyl (C=O) groups is 1. The van der Waals surface area contributed by atoms with E-state index in [-0.39, 0.29) is 5.91 Å². The maximum atomic E-state index is 12.4. The van der Waals surface area contributed by atoms with Crippen molar-refractivity contribution < 1.29 is 9.53 Å². The van der Waals surface area contributed by atoms with Crippen molar-refractivity contribution in [3.63, 3.8) is 0 Å². The minimum absolute atomic E-state index is 0.0333. The molecule has 0 aliphatic rings. The topological polar surface area (TPSA) is 56.1 Å². The second kappa shape index (κ2) is 9.92. The number of amides is 1. The van der Waals surface area contributed by atoms with Crippen molar-refractivity contribution in [2.24, 2.45) is 0 Å². The Balaban J connectivity index is 1.56. The zero-order chi connectivity index (χ0) is 20.6. The first-order valence-electron chi connectivity index (χ1n) is 10.1. The van der Waals surface area contributed by atoms with E-state index in [4.69, 9.17) is 4.74 Å². The molecule has 0 radical (unpaired) electrons. The Morgan fingerprint density at radius 3 is 2.55 bits per heavy atom. The van der Waals surface area contributed by atoms with Crippen LogP contribution in [0.4, 0.5) is 0 Å². The molecule has 0 saturated heterocycles. The minimum atomic E-state index is 0.0333. The van der Waals surface area contributed by atoms with Gasteiger partial charge in [-0.1, -0.05) is 48.5 Å². The van der Waals surface area contributed by atoms with Gasteiger partial charge in [-0.3, -0.25) is 9.48 Å². The van der Waals surface area contributed by atoms with Crippen LogP contribution in [0.3, 0.4) is 0 Å². The third-order valence-electron chi connectivity index (χ3n) is 5.06. The van der Waals surface area contributed by atoms with Crippen LogP contribution in [0.2, 0.25) is 0 Å². The van der Waals surface area contributed by atoms with Crippen LogP contribution in [0.25, 0.3) is 0 Å². The molecule has 0 aliphatic carbocycles. The summed E-state index contributed by atoms with van der Waals surface area (Å²) in [6, 6.07) is 18.2. The number of nitrogens with one attached hydrogen (secondary N) is 1. The molecule has 152 valence electrons. The summed E-state index contributed by atoms with van der Waals surface area (Å²) in [5.74, 6) is 0.891. The highest BCUT2D eigenvalue weighted by Crippen LogP contribution is 2.20. The summed E-state index contributed by atoms with van der Waals surface area (Å²) in [7, 11) is 0. The molecule has 0 saturated carbocycles. The van der Waals surface area contributed by atoms with E-state index < -0.39 is 0 Å². The second-order valence-corrected chi connectivity index (χ2v) is 7.11. The number of nitrogens with zero attached hydrogens (tertiary/aromatic N) is 2. The smallest absolute Gasteiger partial charge is 0.220 e. The average Bonchev–Trinajstić information content (AvgIpc) is 2.99. The molecule has 3 aromatic rings. The molecular weight excluding hydrogens is 362 g/mol. The van der Waals surface area contributed by atoms with Gasteiger partial charge in [-0.2, -0.15) is 5.10 Å². The Morgan fingerprint density at radius 2 is 1.79 bits per heavy atom. The lowest BCUT2D eigenvalue weighted by atomic mass is 10.1. The molecule has 0 fully saturated rings. The summed E-state index contributed by atoms with van der Waals surface area (Å²) in [4.78, 5) is 12.4. The fraction of sp³-hybridized carbons (Fsp3) is 0.333. The summed E-state index contributed by atoms with van der Waals surface area (Å²) in [5, 5.41) is 7.70. The fourth-order valence-corrected chi connectivity index (χ4v) is 3.43. The van der Waals surface area contributed by atoms with E-state index in [1.165, 1.54) is 5.56 Å². The molecule has 0 aliphatic heterocycles. The van der Waals surface area contributed by atoms with Gasteiger partial charge in [-0.15, -0.1) is 0 Å². The lowest BCUT2D eigenvalue weighted by Gasteiger charge is -2.10. The third kappa shape index (κ3) is 5.47. The maximum Gasteiger partial charge on any atom is 0.220 e. The van der Waals surface area contributed by atoms with Crippen LogP contribution in [0, 0.1) is 13.8 Å². The quantitative estimate of drug-likeness (QED) is 0.595. The van der Waals surface area contributed by atoms with Gasteiger partial charge in [0.05, 0.1) is 18.8 Å². The van der Waals surface area contributed by atoms with Crippen molar-refractivity contribution in [1.82, 2.24) is 15.1 Å². The summed E-state index contributed by atoms with van der Waals surface area (Å²) < 4.78 is 7.64. The van der Waals surface area contributed by atoms with Gasteiger partial charge < -0.3 is 10.1 Å². The summed E-state index contributed by atoms with van der Waals surface area (Å²) in [6.07, 6.45) is 1.09. The largest absolute Gasteiger partial charge is 0.494 e. The number of hydrogen-bond acceptors (Lipinski definition) is 3. The zero-order valence-electron chi connectivity index (χ0n) is 17.4. The first kappa shape index (κ1) is 20.6. The Labute approximate surface area is 172 Å². The first-order chi connectivity index (χ1) is 14.1. The Morgan fingerprint density at radius 1 is 1.07 bits per heavy atom. The van der Waals surface area contributed by atoms with Gasteiger partial charge in [0, 0.05) is 24.2 Å². The Hall–Kier alpha value is -3.08. The Kier molecular flexibility index (Phi) is 7.06. The molecule has 0 unspecified atom stereocenters. The number of aryl methyl sites for hydroxylation is 2. The highest BCUT2D eigenvalue weighted by Gasteiger charge is 2.13. The first-order valence-corrected chi connectivity index (χ1v) is 10.1. The van der Waals surface area contributed by atoms with E-state index in [9.17, 15) is 4.79 Å².